The highest BCUT2D eigenvalue weighted by atomic mass is 32.1. The van der Waals surface area contributed by atoms with Crippen molar-refractivity contribution in [2.24, 2.45) is 0 Å². The first-order valence-electron chi connectivity index (χ1n) is 22.3. The van der Waals surface area contributed by atoms with Crippen molar-refractivity contribution >= 4 is 122 Å². The third-order valence-corrected chi connectivity index (χ3v) is 19.8. The maximum absolute atomic E-state index is 15.9. The topological polar surface area (TPSA) is 58.4 Å². The molecule has 7 heteroatoms. The molecule has 0 amide bonds. The Morgan fingerprint density at radius 2 is 0.746 bits per heavy atom. The Labute approximate surface area is 393 Å². The lowest BCUT2D eigenvalue weighted by Crippen LogP contribution is -2.24. The Hall–Kier alpha value is -7.36. The molecule has 0 aliphatic rings. The smallest absolute Gasteiger partial charge is 0.171 e. The summed E-state index contributed by atoms with van der Waals surface area (Å²) < 4.78 is 23.2. The van der Waals surface area contributed by atoms with Crippen LogP contribution in [-0.2, 0) is 4.57 Å². The fourth-order valence-corrected chi connectivity index (χ4v) is 16.2. The fraction of sp³-hybridized carbons (Fsp3) is 0. The fourth-order valence-electron chi connectivity index (χ4n) is 10.2. The molecule has 0 unspecified atom stereocenters. The first-order valence-corrected chi connectivity index (χ1v) is 26.1. The third-order valence-electron chi connectivity index (χ3n) is 13.2. The van der Waals surface area contributed by atoms with Gasteiger partial charge in [-0.05, 0) is 103 Å². The Morgan fingerprint density at radius 3 is 1.25 bits per heavy atom. The van der Waals surface area contributed by atoms with Crippen molar-refractivity contribution in [2.75, 3.05) is 0 Å². The molecule has 0 aliphatic carbocycles. The number of hydrogen-bond acceptors (Lipinski definition) is 2. The second-order valence-electron chi connectivity index (χ2n) is 16.9. The number of rotatable bonds is 8. The van der Waals surface area contributed by atoms with Gasteiger partial charge in [0.1, 0.15) is 0 Å². The summed E-state index contributed by atoms with van der Waals surface area (Å²) in [6.45, 7) is 0. The monoisotopic (exact) mass is 916 g/mol. The number of thiophene rings is 1. The van der Waals surface area contributed by atoms with E-state index in [0.717, 1.165) is 49.1 Å². The molecule has 0 bridgehead atoms. The van der Waals surface area contributed by atoms with Crippen LogP contribution >= 0.6 is 26.4 Å². The molecule has 0 saturated heterocycles. The average Bonchev–Trinajstić information content (AvgIpc) is 4.04. The van der Waals surface area contributed by atoms with Gasteiger partial charge in [-0.1, -0.05) is 164 Å². The van der Waals surface area contributed by atoms with E-state index in [1.54, 1.807) is 0 Å². The van der Waals surface area contributed by atoms with Crippen molar-refractivity contribution in [3.63, 3.8) is 0 Å². The van der Waals surface area contributed by atoms with Gasteiger partial charge in [-0.15, -0.1) is 11.3 Å². The van der Waals surface area contributed by atoms with E-state index in [0.29, 0.717) is 0 Å². The molecule has 67 heavy (non-hydrogen) atoms. The number of nitrogens with zero attached hydrogens (tertiary/aromatic N) is 2. The van der Waals surface area contributed by atoms with Gasteiger partial charge in [-0.2, -0.15) is 0 Å². The van der Waals surface area contributed by atoms with Crippen LogP contribution in [-0.4, -0.2) is 14.6 Å². The summed E-state index contributed by atoms with van der Waals surface area (Å²) in [5.41, 5.74) is 6.83. The molecule has 0 radical (unpaired) electrons. The Kier molecular flexibility index (Phi) is 10.1. The van der Waals surface area contributed by atoms with Crippen LogP contribution in [0.2, 0.25) is 0 Å². The van der Waals surface area contributed by atoms with Crippen LogP contribution in [0.15, 0.2) is 243 Å². The molecule has 0 atom stereocenters. The van der Waals surface area contributed by atoms with Crippen molar-refractivity contribution in [3.8, 4) is 11.4 Å². The largest absolute Gasteiger partial charge is 0.412 e. The van der Waals surface area contributed by atoms with Gasteiger partial charge in [0.2, 0.25) is 0 Å². The summed E-state index contributed by atoms with van der Waals surface area (Å²) in [5, 5.41) is 13.5. The van der Waals surface area contributed by atoms with Gasteiger partial charge in [-0.25, -0.2) is 0 Å². The molecular weight excluding hydrogens is 875 g/mol. The molecule has 0 fully saturated rings. The number of fused-ring (bicyclic) bond motifs is 9. The molecule has 0 spiro atoms. The van der Waals surface area contributed by atoms with Crippen molar-refractivity contribution in [1.82, 2.24) is 9.13 Å². The number of aromatic nitrogens is 2. The molecule has 0 aliphatic heterocycles. The zero-order chi connectivity index (χ0) is 43.8. The van der Waals surface area contributed by atoms with Crippen LogP contribution in [0.5, 0.6) is 0 Å². The maximum Gasteiger partial charge on any atom is 0.171 e. The number of benzene rings is 10. The molecule has 320 valence electrons. The van der Waals surface area contributed by atoms with E-state index in [-0.39, 0.29) is 5.48 Å². The Bertz CT molecular complexity index is 3900. The van der Waals surface area contributed by atoms with Gasteiger partial charge >= 0.3 is 0 Å². The highest BCUT2D eigenvalue weighted by Gasteiger charge is 2.31. The maximum atomic E-state index is 15.9. The zero-order valence-electron chi connectivity index (χ0n) is 36.2. The van der Waals surface area contributed by atoms with Crippen LogP contribution in [0, 0.1) is 0 Å². The second kappa shape index (κ2) is 16.5. The lowest BCUT2D eigenvalue weighted by atomic mass is 10.1. The predicted molar refractivity (Wildman–Crippen MR) is 290 cm³/mol. The van der Waals surface area contributed by atoms with Gasteiger partial charge < -0.3 is 19.2 Å². The van der Waals surface area contributed by atoms with E-state index < -0.39 is 15.1 Å². The lowest BCUT2D eigenvalue weighted by Gasteiger charge is -2.20. The Morgan fingerprint density at radius 1 is 0.328 bits per heavy atom. The summed E-state index contributed by atoms with van der Waals surface area (Å²) in [7, 11) is -4.13. The van der Waals surface area contributed by atoms with Gasteiger partial charge in [0.25, 0.3) is 0 Å². The average molecular weight is 917 g/mol. The quantitative estimate of drug-likeness (QED) is 0.140. The van der Waals surface area contributed by atoms with Crippen molar-refractivity contribution in [2.45, 2.75) is 0 Å². The van der Waals surface area contributed by atoms with Crippen molar-refractivity contribution in [1.29, 1.82) is 0 Å². The van der Waals surface area contributed by atoms with E-state index >= 15 is 4.57 Å². The number of hydrogen-bond donors (Lipinski definition) is 0. The molecule has 10 aromatic carbocycles. The van der Waals surface area contributed by atoms with Gasteiger partial charge in [0.05, 0.1) is 22.1 Å². The lowest BCUT2D eigenvalue weighted by molar-refractivity contribution is 0.592. The molecule has 13 rings (SSSR count). The van der Waals surface area contributed by atoms with Gasteiger partial charge in [0.15, 0.2) is 7.14 Å². The predicted octanol–water partition coefficient (Wildman–Crippen LogP) is 12.8. The van der Waals surface area contributed by atoms with E-state index in [1.807, 2.05) is 72.0 Å². The summed E-state index contributed by atoms with van der Waals surface area (Å²) in [6, 6.07) is 86.7. The summed E-state index contributed by atoms with van der Waals surface area (Å²) in [6.07, 6.45) is 0. The standard InChI is InChI=1S/C60H40N2OP2S.H2O/c63-65(46-21-9-3-10-22-46,47-23-11-4-12-24-47)48-32-34-58-52(40-48)51-39-45(64(43-17-5-1-6-18-43)44-19-7-2-8-20-44)31-33-57(51)62(58)42-30-36-60-54(38-42)53-37-41(29-35-59(53)66-60)61-55-27-15-13-25-49(55)50-26-14-16-28-56(50)61;/h1-40H;1H2. The summed E-state index contributed by atoms with van der Waals surface area (Å²) in [4.78, 5) is 0. The van der Waals surface area contributed by atoms with Crippen molar-refractivity contribution < 1.29 is 10.0 Å². The molecule has 3 aromatic heterocycles. The molecule has 2 N–H and O–H groups in total. The SMILES string of the molecule is O.O=P(c1ccccc1)(c1ccccc1)c1ccc2c(c1)c1cc(P(c3ccccc3)c3ccccc3)ccc1n2-c1ccc2sc3ccc(-n4c5ccccc5c5ccccc54)cc3c2c1. The molecular formula is C60H42N2O2P2S. The van der Waals surface area contributed by atoms with Crippen LogP contribution in [0.1, 0.15) is 0 Å². The Balaban J connectivity index is 0.00000468. The zero-order valence-corrected chi connectivity index (χ0v) is 38.8. The van der Waals surface area contributed by atoms with E-state index in [1.165, 1.54) is 57.9 Å². The summed E-state index contributed by atoms with van der Waals surface area (Å²) >= 11 is 1.84. The molecule has 3 heterocycles. The van der Waals surface area contributed by atoms with Crippen LogP contribution in [0.4, 0.5) is 0 Å². The number of para-hydroxylation sites is 2. The molecule has 0 saturated carbocycles. The van der Waals surface area contributed by atoms with Crippen LogP contribution in [0.3, 0.4) is 0 Å². The minimum atomic E-state index is -3.26. The van der Waals surface area contributed by atoms with Crippen molar-refractivity contribution in [3.05, 3.63) is 243 Å². The summed E-state index contributed by atoms with van der Waals surface area (Å²) in [5.74, 6) is 0. The second-order valence-corrected chi connectivity index (χ2v) is 22.9. The van der Waals surface area contributed by atoms with Crippen LogP contribution < -0.4 is 31.8 Å². The molecule has 13 aromatic rings. The van der Waals surface area contributed by atoms with Gasteiger partial charge in [0, 0.05) is 69.0 Å². The first-order chi connectivity index (χ1) is 32.6. The van der Waals surface area contributed by atoms with E-state index in [9.17, 15) is 0 Å². The third kappa shape index (κ3) is 6.61. The highest BCUT2D eigenvalue weighted by molar-refractivity contribution is 7.85. The highest BCUT2D eigenvalue weighted by Crippen LogP contribution is 2.45. The minimum absolute atomic E-state index is 0. The minimum Gasteiger partial charge on any atom is -0.412 e. The van der Waals surface area contributed by atoms with Crippen LogP contribution in [0.25, 0.3) is 75.2 Å². The molecule has 4 nitrogen and oxygen atoms in total. The van der Waals surface area contributed by atoms with E-state index in [2.05, 4.69) is 191 Å². The van der Waals surface area contributed by atoms with E-state index in [4.69, 9.17) is 0 Å². The first kappa shape index (κ1) is 41.1. The van der Waals surface area contributed by atoms with Gasteiger partial charge in [-0.3, -0.25) is 0 Å². The normalized spacial score (nSPS) is 12.0.